The van der Waals surface area contributed by atoms with Gasteiger partial charge in [0.2, 0.25) is 5.76 Å². The zero-order valence-electron chi connectivity index (χ0n) is 10.1. The average molecular weight is 342 g/mol. The molecule has 4 nitrogen and oxygen atoms in total. The lowest BCUT2D eigenvalue weighted by Crippen LogP contribution is -1.94. The van der Waals surface area contributed by atoms with E-state index < -0.39 is 5.97 Å². The Morgan fingerprint density at radius 3 is 2.79 bits per heavy atom. The van der Waals surface area contributed by atoms with Crippen LogP contribution >= 0.6 is 27.7 Å². The van der Waals surface area contributed by atoms with E-state index in [2.05, 4.69) is 15.9 Å². The van der Waals surface area contributed by atoms with Crippen molar-refractivity contribution >= 4 is 39.3 Å². The first-order valence-electron chi connectivity index (χ1n) is 5.48. The van der Waals surface area contributed by atoms with Crippen LogP contribution in [0.2, 0.25) is 0 Å². The number of nitrogen functional groups attached to an aromatic ring is 1. The topological polar surface area (TPSA) is 76.5 Å². The number of furan rings is 1. The van der Waals surface area contributed by atoms with Gasteiger partial charge in [0.15, 0.2) is 0 Å². The van der Waals surface area contributed by atoms with Crippen LogP contribution in [-0.2, 0) is 5.75 Å². The van der Waals surface area contributed by atoms with E-state index >= 15 is 0 Å². The zero-order chi connectivity index (χ0) is 14.0. The standard InChI is InChI=1S/C13H12BrNO3S/c1-7-4-9(18-12(7)13(16)17)6-19-11-3-2-8(14)5-10(11)15/h2-5H,6,15H2,1H3,(H,16,17). The zero-order valence-corrected chi connectivity index (χ0v) is 12.5. The predicted octanol–water partition coefficient (Wildman–Crippen LogP) is 3.92. The summed E-state index contributed by atoms with van der Waals surface area (Å²) in [5, 5.41) is 8.91. The van der Waals surface area contributed by atoms with Gasteiger partial charge in [-0.1, -0.05) is 15.9 Å². The van der Waals surface area contributed by atoms with Gasteiger partial charge in [0, 0.05) is 20.6 Å². The minimum absolute atomic E-state index is 0.000576. The number of carbonyl (C=O) groups is 1. The SMILES string of the molecule is Cc1cc(CSc2ccc(Br)cc2N)oc1C(=O)O. The number of carboxylic acids is 1. The van der Waals surface area contributed by atoms with Crippen LogP contribution in [0.5, 0.6) is 0 Å². The van der Waals surface area contributed by atoms with Crippen LogP contribution in [0.15, 0.2) is 38.1 Å². The van der Waals surface area contributed by atoms with Crippen molar-refractivity contribution in [2.45, 2.75) is 17.6 Å². The monoisotopic (exact) mass is 341 g/mol. The van der Waals surface area contributed by atoms with E-state index in [0.717, 1.165) is 9.37 Å². The number of rotatable bonds is 4. The number of aryl methyl sites for hydroxylation is 1. The van der Waals surface area contributed by atoms with Crippen molar-refractivity contribution in [3.8, 4) is 0 Å². The van der Waals surface area contributed by atoms with Gasteiger partial charge in [0.1, 0.15) is 5.76 Å². The minimum atomic E-state index is -1.04. The fraction of sp³-hybridized carbons (Fsp3) is 0.154. The molecule has 0 saturated carbocycles. The third-order valence-corrected chi connectivity index (χ3v) is 4.11. The summed E-state index contributed by atoms with van der Waals surface area (Å²) in [6.45, 7) is 1.72. The van der Waals surface area contributed by atoms with E-state index in [1.54, 1.807) is 13.0 Å². The maximum atomic E-state index is 10.9. The summed E-state index contributed by atoms with van der Waals surface area (Å²) >= 11 is 4.86. The molecule has 0 aliphatic carbocycles. The van der Waals surface area contributed by atoms with Gasteiger partial charge in [-0.15, -0.1) is 11.8 Å². The fourth-order valence-electron chi connectivity index (χ4n) is 1.63. The Bertz CT molecular complexity index is 624. The molecular weight excluding hydrogens is 330 g/mol. The van der Waals surface area contributed by atoms with E-state index in [1.807, 2.05) is 18.2 Å². The second-order valence-electron chi connectivity index (χ2n) is 4.00. The number of halogens is 1. The number of hydrogen-bond donors (Lipinski definition) is 2. The van der Waals surface area contributed by atoms with E-state index in [4.69, 9.17) is 15.3 Å². The molecule has 19 heavy (non-hydrogen) atoms. The molecule has 0 spiro atoms. The Morgan fingerprint density at radius 2 is 2.21 bits per heavy atom. The summed E-state index contributed by atoms with van der Waals surface area (Å²) in [4.78, 5) is 11.8. The molecule has 100 valence electrons. The summed E-state index contributed by atoms with van der Waals surface area (Å²) < 4.78 is 6.22. The van der Waals surface area contributed by atoms with E-state index in [1.165, 1.54) is 11.8 Å². The van der Waals surface area contributed by atoms with Crippen LogP contribution in [0.4, 0.5) is 5.69 Å². The Kier molecular flexibility index (Phi) is 4.21. The molecule has 0 saturated heterocycles. The predicted molar refractivity (Wildman–Crippen MR) is 78.5 cm³/mol. The van der Waals surface area contributed by atoms with Crippen molar-refractivity contribution in [1.29, 1.82) is 0 Å². The summed E-state index contributed by atoms with van der Waals surface area (Å²) in [7, 11) is 0. The highest BCUT2D eigenvalue weighted by atomic mass is 79.9. The summed E-state index contributed by atoms with van der Waals surface area (Å²) in [5.41, 5.74) is 7.21. The van der Waals surface area contributed by atoms with Crippen molar-refractivity contribution in [3.63, 3.8) is 0 Å². The maximum Gasteiger partial charge on any atom is 0.372 e. The Labute approximate surface area is 123 Å². The molecule has 0 bridgehead atoms. The molecule has 3 N–H and O–H groups in total. The normalized spacial score (nSPS) is 10.6. The van der Waals surface area contributed by atoms with Crippen molar-refractivity contribution in [2.24, 2.45) is 0 Å². The van der Waals surface area contributed by atoms with E-state index in [-0.39, 0.29) is 5.76 Å². The first kappa shape index (κ1) is 14.0. The van der Waals surface area contributed by atoms with Crippen LogP contribution in [0.25, 0.3) is 0 Å². The van der Waals surface area contributed by atoms with Crippen molar-refractivity contribution in [3.05, 3.63) is 45.8 Å². The summed E-state index contributed by atoms with van der Waals surface area (Å²) in [5.74, 6) is 0.124. The molecule has 1 aromatic carbocycles. The van der Waals surface area contributed by atoms with Gasteiger partial charge in [-0.2, -0.15) is 0 Å². The largest absolute Gasteiger partial charge is 0.475 e. The molecule has 6 heteroatoms. The molecule has 0 fully saturated rings. The average Bonchev–Trinajstić information content (AvgIpc) is 2.69. The van der Waals surface area contributed by atoms with Crippen molar-refractivity contribution in [2.75, 3.05) is 5.73 Å². The van der Waals surface area contributed by atoms with Gasteiger partial charge < -0.3 is 15.3 Å². The first-order valence-corrected chi connectivity index (χ1v) is 7.25. The molecule has 0 aliphatic rings. The lowest BCUT2D eigenvalue weighted by atomic mass is 10.3. The molecule has 0 aliphatic heterocycles. The third kappa shape index (κ3) is 3.33. The number of benzene rings is 1. The second kappa shape index (κ2) is 5.71. The maximum absolute atomic E-state index is 10.9. The molecule has 0 radical (unpaired) electrons. The highest BCUT2D eigenvalue weighted by Crippen LogP contribution is 2.31. The van der Waals surface area contributed by atoms with Crippen LogP contribution in [0, 0.1) is 6.92 Å². The molecule has 1 heterocycles. The lowest BCUT2D eigenvalue weighted by molar-refractivity contribution is 0.0659. The van der Waals surface area contributed by atoms with Crippen LogP contribution in [-0.4, -0.2) is 11.1 Å². The Balaban J connectivity index is 2.10. The van der Waals surface area contributed by atoms with Crippen molar-refractivity contribution in [1.82, 2.24) is 0 Å². The summed E-state index contributed by atoms with van der Waals surface area (Å²) in [6.07, 6.45) is 0. The number of thioether (sulfide) groups is 1. The van der Waals surface area contributed by atoms with Gasteiger partial charge in [0.25, 0.3) is 0 Å². The number of nitrogens with two attached hydrogens (primary N) is 1. The molecule has 2 aromatic rings. The van der Waals surface area contributed by atoms with Gasteiger partial charge in [0.05, 0.1) is 5.75 Å². The second-order valence-corrected chi connectivity index (χ2v) is 5.93. The minimum Gasteiger partial charge on any atom is -0.475 e. The lowest BCUT2D eigenvalue weighted by Gasteiger charge is -2.04. The van der Waals surface area contributed by atoms with Gasteiger partial charge in [-0.25, -0.2) is 4.79 Å². The van der Waals surface area contributed by atoms with Crippen LogP contribution < -0.4 is 5.73 Å². The van der Waals surface area contributed by atoms with Crippen LogP contribution in [0.1, 0.15) is 21.9 Å². The number of carboxylic acid groups (broad SMARTS) is 1. The molecule has 2 rings (SSSR count). The Morgan fingerprint density at radius 1 is 1.47 bits per heavy atom. The van der Waals surface area contributed by atoms with Crippen LogP contribution in [0.3, 0.4) is 0 Å². The van der Waals surface area contributed by atoms with Gasteiger partial charge in [-0.05, 0) is 31.2 Å². The fourth-order valence-corrected chi connectivity index (χ4v) is 2.84. The molecule has 0 unspecified atom stereocenters. The quantitative estimate of drug-likeness (QED) is 0.650. The molecule has 1 aromatic heterocycles. The highest BCUT2D eigenvalue weighted by molar-refractivity contribution is 9.10. The van der Waals surface area contributed by atoms with Gasteiger partial charge >= 0.3 is 5.97 Å². The number of hydrogen-bond acceptors (Lipinski definition) is 4. The Hall–Kier alpha value is -1.40. The number of anilines is 1. The number of aromatic carboxylic acids is 1. The molecular formula is C13H12BrNO3S. The van der Waals surface area contributed by atoms with E-state index in [9.17, 15) is 4.79 Å². The van der Waals surface area contributed by atoms with Gasteiger partial charge in [-0.3, -0.25) is 0 Å². The van der Waals surface area contributed by atoms with E-state index in [0.29, 0.717) is 22.8 Å². The third-order valence-electron chi connectivity index (χ3n) is 2.50. The smallest absolute Gasteiger partial charge is 0.372 e. The summed E-state index contributed by atoms with van der Waals surface area (Å²) in [6, 6.07) is 7.40. The van der Waals surface area contributed by atoms with Crippen molar-refractivity contribution < 1.29 is 14.3 Å². The molecule has 0 amide bonds. The first-order chi connectivity index (χ1) is 8.97. The molecule has 0 atom stereocenters. The highest BCUT2D eigenvalue weighted by Gasteiger charge is 2.14.